The van der Waals surface area contributed by atoms with Gasteiger partial charge in [0.1, 0.15) is 0 Å². The fourth-order valence-corrected chi connectivity index (χ4v) is 3.01. The maximum atomic E-state index is 12.3. The Labute approximate surface area is 179 Å². The number of anilines is 1. The molecule has 0 bridgehead atoms. The summed E-state index contributed by atoms with van der Waals surface area (Å²) in [6.45, 7) is 5.20. The number of hydrogen-bond acceptors (Lipinski definition) is 6. The van der Waals surface area contributed by atoms with Crippen LogP contribution in [0.4, 0.5) is 5.69 Å². The number of benzene rings is 2. The second-order valence-electron chi connectivity index (χ2n) is 6.99. The average molecular weight is 421 g/mol. The zero-order valence-electron chi connectivity index (χ0n) is 17.8. The Morgan fingerprint density at radius 1 is 0.903 bits per heavy atom. The summed E-state index contributed by atoms with van der Waals surface area (Å²) >= 11 is 0. The summed E-state index contributed by atoms with van der Waals surface area (Å²) in [6, 6.07) is 13.7. The topological polar surface area (TPSA) is 99.5 Å². The van der Waals surface area contributed by atoms with Gasteiger partial charge in [0.05, 0.1) is 41.0 Å². The zero-order valence-corrected chi connectivity index (χ0v) is 17.8. The van der Waals surface area contributed by atoms with Gasteiger partial charge in [0, 0.05) is 0 Å². The highest BCUT2D eigenvalue weighted by Crippen LogP contribution is 2.23. The molecule has 31 heavy (non-hydrogen) atoms. The van der Waals surface area contributed by atoms with Crippen molar-refractivity contribution in [1.29, 1.82) is 0 Å². The first-order valence-corrected chi connectivity index (χ1v) is 9.58. The van der Waals surface area contributed by atoms with Crippen molar-refractivity contribution in [1.82, 2.24) is 9.78 Å². The van der Waals surface area contributed by atoms with Gasteiger partial charge in [-0.2, -0.15) is 5.10 Å². The number of esters is 2. The lowest BCUT2D eigenvalue weighted by Crippen LogP contribution is -2.21. The number of ether oxygens (including phenoxy) is 2. The van der Waals surface area contributed by atoms with Gasteiger partial charge in [-0.3, -0.25) is 4.79 Å². The molecule has 0 spiro atoms. The smallest absolute Gasteiger partial charge is 0.338 e. The highest BCUT2D eigenvalue weighted by Gasteiger charge is 2.17. The molecule has 0 saturated carbocycles. The molecule has 160 valence electrons. The van der Waals surface area contributed by atoms with Gasteiger partial charge in [0.15, 0.2) is 6.61 Å². The molecule has 0 aliphatic heterocycles. The van der Waals surface area contributed by atoms with E-state index < -0.39 is 24.5 Å². The Hall–Kier alpha value is -3.94. The van der Waals surface area contributed by atoms with E-state index in [0.29, 0.717) is 16.9 Å². The molecule has 1 aromatic heterocycles. The van der Waals surface area contributed by atoms with E-state index in [1.54, 1.807) is 11.6 Å². The number of rotatable bonds is 6. The fraction of sp³-hybridized carbons (Fsp3) is 0.217. The van der Waals surface area contributed by atoms with E-state index in [1.165, 1.54) is 31.4 Å². The molecule has 0 aliphatic rings. The van der Waals surface area contributed by atoms with Crippen molar-refractivity contribution >= 4 is 23.5 Å². The van der Waals surface area contributed by atoms with E-state index in [0.717, 1.165) is 16.9 Å². The van der Waals surface area contributed by atoms with Crippen molar-refractivity contribution in [2.75, 3.05) is 19.0 Å². The first-order valence-electron chi connectivity index (χ1n) is 9.58. The summed E-state index contributed by atoms with van der Waals surface area (Å²) in [7, 11) is 1.27. The Bertz CT molecular complexity index is 1120. The minimum absolute atomic E-state index is 0.222. The fourth-order valence-electron chi connectivity index (χ4n) is 3.01. The molecular weight excluding hydrogens is 398 g/mol. The molecule has 0 atom stereocenters. The van der Waals surface area contributed by atoms with Gasteiger partial charge in [-0.15, -0.1) is 0 Å². The van der Waals surface area contributed by atoms with Crippen LogP contribution >= 0.6 is 0 Å². The van der Waals surface area contributed by atoms with Gasteiger partial charge in [-0.05, 0) is 57.2 Å². The Morgan fingerprint density at radius 3 is 2.06 bits per heavy atom. The second kappa shape index (κ2) is 9.25. The summed E-state index contributed by atoms with van der Waals surface area (Å²) in [5.74, 6) is -1.65. The molecule has 1 heterocycles. The minimum Gasteiger partial charge on any atom is -0.465 e. The van der Waals surface area contributed by atoms with Crippen LogP contribution in [0, 0.1) is 20.8 Å². The van der Waals surface area contributed by atoms with Crippen molar-refractivity contribution in [2.45, 2.75) is 20.8 Å². The summed E-state index contributed by atoms with van der Waals surface area (Å²) in [4.78, 5) is 36.0. The Kier molecular flexibility index (Phi) is 6.49. The highest BCUT2D eigenvalue weighted by molar-refractivity contribution is 5.97. The SMILES string of the molecule is COC(=O)c1ccc(C(=O)OCC(=O)Nc2c(C)nn(-c3ccc(C)cc3)c2C)cc1. The third-order valence-electron chi connectivity index (χ3n) is 4.71. The van der Waals surface area contributed by atoms with E-state index >= 15 is 0 Å². The molecule has 1 amide bonds. The van der Waals surface area contributed by atoms with Crippen molar-refractivity contribution in [3.8, 4) is 5.69 Å². The van der Waals surface area contributed by atoms with E-state index in [4.69, 9.17) is 4.74 Å². The number of carbonyl (C=O) groups is 3. The maximum Gasteiger partial charge on any atom is 0.338 e. The van der Waals surface area contributed by atoms with Gasteiger partial charge >= 0.3 is 11.9 Å². The van der Waals surface area contributed by atoms with Crippen molar-refractivity contribution in [3.63, 3.8) is 0 Å². The molecule has 0 unspecified atom stereocenters. The molecule has 0 aliphatic carbocycles. The van der Waals surface area contributed by atoms with E-state index in [1.807, 2.05) is 38.1 Å². The number of nitrogens with zero attached hydrogens (tertiary/aromatic N) is 2. The highest BCUT2D eigenvalue weighted by atomic mass is 16.5. The molecule has 0 radical (unpaired) electrons. The van der Waals surface area contributed by atoms with Crippen LogP contribution in [0.25, 0.3) is 5.69 Å². The standard InChI is InChI=1S/C23H23N3O5/c1-14-5-11-19(12-6-14)26-16(3)21(15(2)25-26)24-20(27)13-31-23(29)18-9-7-17(8-10-18)22(28)30-4/h5-12H,13H2,1-4H3,(H,24,27). The first-order chi connectivity index (χ1) is 14.8. The van der Waals surface area contributed by atoms with Gasteiger partial charge in [-0.1, -0.05) is 17.7 Å². The van der Waals surface area contributed by atoms with Crippen molar-refractivity contribution in [2.24, 2.45) is 0 Å². The molecule has 0 fully saturated rings. The van der Waals surface area contributed by atoms with Crippen molar-refractivity contribution in [3.05, 3.63) is 76.6 Å². The normalized spacial score (nSPS) is 10.5. The molecule has 8 nitrogen and oxygen atoms in total. The number of amides is 1. The molecule has 8 heteroatoms. The van der Waals surface area contributed by atoms with Crippen LogP contribution in [0.15, 0.2) is 48.5 Å². The lowest BCUT2D eigenvalue weighted by atomic mass is 10.1. The second-order valence-corrected chi connectivity index (χ2v) is 6.99. The lowest BCUT2D eigenvalue weighted by Gasteiger charge is -2.08. The van der Waals surface area contributed by atoms with E-state index in [-0.39, 0.29) is 5.56 Å². The van der Waals surface area contributed by atoms with Gasteiger partial charge in [-0.25, -0.2) is 14.3 Å². The Balaban J connectivity index is 1.63. The molecule has 1 N–H and O–H groups in total. The molecule has 3 rings (SSSR count). The summed E-state index contributed by atoms with van der Waals surface area (Å²) in [5.41, 5.74) is 4.54. The zero-order chi connectivity index (χ0) is 22.5. The van der Waals surface area contributed by atoms with Crippen LogP contribution in [-0.4, -0.2) is 41.3 Å². The largest absolute Gasteiger partial charge is 0.465 e. The van der Waals surface area contributed by atoms with Crippen LogP contribution in [0.5, 0.6) is 0 Å². The van der Waals surface area contributed by atoms with Crippen LogP contribution in [-0.2, 0) is 14.3 Å². The third kappa shape index (κ3) is 4.98. The first kappa shape index (κ1) is 21.8. The predicted molar refractivity (Wildman–Crippen MR) is 114 cm³/mol. The quantitative estimate of drug-likeness (QED) is 0.613. The predicted octanol–water partition coefficient (Wildman–Crippen LogP) is 3.38. The number of hydrogen-bond donors (Lipinski definition) is 1. The average Bonchev–Trinajstić information content (AvgIpc) is 3.05. The number of carbonyl (C=O) groups excluding carboxylic acids is 3. The van der Waals surface area contributed by atoms with Gasteiger partial charge < -0.3 is 14.8 Å². The summed E-state index contributed by atoms with van der Waals surface area (Å²) < 4.78 is 11.4. The number of aromatic nitrogens is 2. The summed E-state index contributed by atoms with van der Waals surface area (Å²) in [5, 5.41) is 7.25. The van der Waals surface area contributed by atoms with Gasteiger partial charge in [0.2, 0.25) is 0 Å². The molecular formula is C23H23N3O5. The number of methoxy groups -OCH3 is 1. The van der Waals surface area contributed by atoms with Crippen LogP contribution < -0.4 is 5.32 Å². The Morgan fingerprint density at radius 2 is 1.48 bits per heavy atom. The van der Waals surface area contributed by atoms with Crippen LogP contribution in [0.1, 0.15) is 37.7 Å². The van der Waals surface area contributed by atoms with E-state index in [2.05, 4.69) is 15.2 Å². The molecule has 3 aromatic rings. The third-order valence-corrected chi connectivity index (χ3v) is 4.71. The van der Waals surface area contributed by atoms with Crippen LogP contribution in [0.2, 0.25) is 0 Å². The molecule has 2 aromatic carbocycles. The molecule has 0 saturated heterocycles. The van der Waals surface area contributed by atoms with Gasteiger partial charge in [0.25, 0.3) is 5.91 Å². The van der Waals surface area contributed by atoms with Crippen LogP contribution in [0.3, 0.4) is 0 Å². The number of aryl methyl sites for hydroxylation is 2. The minimum atomic E-state index is -0.671. The monoisotopic (exact) mass is 421 g/mol. The van der Waals surface area contributed by atoms with E-state index in [9.17, 15) is 14.4 Å². The lowest BCUT2D eigenvalue weighted by molar-refractivity contribution is -0.119. The van der Waals surface area contributed by atoms with Crippen molar-refractivity contribution < 1.29 is 23.9 Å². The maximum absolute atomic E-state index is 12.3. The number of nitrogens with one attached hydrogen (secondary N) is 1. The summed E-state index contributed by atoms with van der Waals surface area (Å²) in [6.07, 6.45) is 0.